The van der Waals surface area contributed by atoms with E-state index in [2.05, 4.69) is 23.7 Å². The number of nitrogens with zero attached hydrogens (tertiary/aromatic N) is 2. The average Bonchev–Trinajstić information content (AvgIpc) is 3.30. The Morgan fingerprint density at radius 2 is 1.76 bits per heavy atom. The molecule has 1 N–H and O–H groups in total. The lowest BCUT2D eigenvalue weighted by Crippen LogP contribution is -2.47. The molecule has 0 bridgehead atoms. The number of carbonyl (C=O) groups excluding carboxylic acids is 1. The monoisotopic (exact) mass is 536 g/mol. The van der Waals surface area contributed by atoms with E-state index in [1.165, 1.54) is 11.3 Å². The van der Waals surface area contributed by atoms with Gasteiger partial charge in [0, 0.05) is 29.6 Å². The Morgan fingerprint density at radius 3 is 2.34 bits per heavy atom. The fraction of sp³-hybridized carbons (Fsp3) is 0.581. The lowest BCUT2D eigenvalue weighted by atomic mass is 9.81. The minimum atomic E-state index is -1.01. The van der Waals surface area contributed by atoms with Crippen molar-refractivity contribution in [3.63, 3.8) is 0 Å². The Labute approximate surface area is 230 Å². The van der Waals surface area contributed by atoms with Gasteiger partial charge < -0.3 is 14.7 Å². The minimum Gasteiger partial charge on any atom is -0.477 e. The highest BCUT2D eigenvalue weighted by atomic mass is 32.1. The Bertz CT molecular complexity index is 1190. The predicted molar refractivity (Wildman–Crippen MR) is 152 cm³/mol. The number of rotatable bonds is 6. The van der Waals surface area contributed by atoms with Crippen LogP contribution < -0.4 is 9.64 Å². The summed E-state index contributed by atoms with van der Waals surface area (Å²) in [7, 11) is 0. The summed E-state index contributed by atoms with van der Waals surface area (Å²) in [5.74, 6) is 6.61. The van der Waals surface area contributed by atoms with E-state index in [1.54, 1.807) is 6.20 Å². The molecule has 4 rings (SSSR count). The maximum atomic E-state index is 14.1. The molecule has 0 atom stereocenters. The quantitative estimate of drug-likeness (QED) is 0.399. The molecule has 1 amide bonds. The fourth-order valence-corrected chi connectivity index (χ4v) is 6.18. The number of thiophene rings is 1. The average molecular weight is 537 g/mol. The molecule has 2 heterocycles. The number of carboxylic acid groups (broad SMARTS) is 1. The summed E-state index contributed by atoms with van der Waals surface area (Å²) in [4.78, 5) is 33.5. The number of amides is 1. The second-order valence-electron chi connectivity index (χ2n) is 12.0. The van der Waals surface area contributed by atoms with Crippen LogP contribution in [0.25, 0.3) is 0 Å². The van der Waals surface area contributed by atoms with Gasteiger partial charge in [0.05, 0.1) is 10.6 Å². The number of aryl methyl sites for hydroxylation is 1. The van der Waals surface area contributed by atoms with Crippen LogP contribution in [-0.4, -0.2) is 34.1 Å². The second kappa shape index (κ2) is 11.9. The van der Waals surface area contributed by atoms with Crippen molar-refractivity contribution in [3.8, 4) is 17.7 Å². The van der Waals surface area contributed by atoms with Gasteiger partial charge in [0.2, 0.25) is 11.8 Å². The maximum absolute atomic E-state index is 14.1. The molecule has 0 saturated heterocycles. The van der Waals surface area contributed by atoms with Gasteiger partial charge in [-0.05, 0) is 96.6 Å². The molecule has 0 radical (unpaired) electrons. The Kier molecular flexibility index (Phi) is 8.82. The smallest absolute Gasteiger partial charge is 0.348 e. The molecule has 0 aliphatic heterocycles. The third-order valence-corrected chi connectivity index (χ3v) is 8.54. The van der Waals surface area contributed by atoms with Crippen LogP contribution in [0, 0.1) is 36.0 Å². The van der Waals surface area contributed by atoms with Crippen molar-refractivity contribution in [2.24, 2.45) is 17.3 Å². The van der Waals surface area contributed by atoms with E-state index >= 15 is 0 Å². The molecule has 2 fully saturated rings. The van der Waals surface area contributed by atoms with Crippen LogP contribution in [0.4, 0.5) is 5.69 Å². The summed E-state index contributed by atoms with van der Waals surface area (Å²) < 4.78 is 6.14. The standard InChI is InChI=1S/C31H40N2O4S/c1-20-6-9-22(10-7-20)29(34)33(26-18-25(16-17-31(3,4)5)38-28(26)30(35)36)23-11-13-24(14-12-23)37-27-15-8-21(2)19-32-27/h8,15,18-20,22-24H,6-7,9-14H2,1-5H3,(H,35,36). The van der Waals surface area contributed by atoms with Crippen molar-refractivity contribution in [2.75, 3.05) is 4.90 Å². The van der Waals surface area contributed by atoms with Gasteiger partial charge in [-0.2, -0.15) is 0 Å². The van der Waals surface area contributed by atoms with Crippen LogP contribution >= 0.6 is 11.3 Å². The number of aromatic carboxylic acids is 1. The van der Waals surface area contributed by atoms with E-state index in [-0.39, 0.29) is 34.3 Å². The van der Waals surface area contributed by atoms with Gasteiger partial charge in [-0.15, -0.1) is 11.3 Å². The van der Waals surface area contributed by atoms with Crippen molar-refractivity contribution in [2.45, 2.75) is 98.1 Å². The first-order valence-corrected chi connectivity index (χ1v) is 14.6. The molecule has 204 valence electrons. The molecular weight excluding hydrogens is 496 g/mol. The number of hydrogen-bond donors (Lipinski definition) is 1. The normalized spacial score (nSPS) is 23.7. The van der Waals surface area contributed by atoms with E-state index in [0.717, 1.165) is 56.9 Å². The topological polar surface area (TPSA) is 79.7 Å². The first-order valence-electron chi connectivity index (χ1n) is 13.8. The van der Waals surface area contributed by atoms with Crippen molar-refractivity contribution in [3.05, 3.63) is 39.7 Å². The number of hydrogen-bond acceptors (Lipinski definition) is 5. The molecule has 6 nitrogen and oxygen atoms in total. The van der Waals surface area contributed by atoms with E-state index in [9.17, 15) is 14.7 Å². The Morgan fingerprint density at radius 1 is 1.08 bits per heavy atom. The molecule has 2 aromatic heterocycles. The van der Waals surface area contributed by atoms with Crippen LogP contribution in [0.5, 0.6) is 5.88 Å². The van der Waals surface area contributed by atoms with Gasteiger partial charge in [-0.25, -0.2) is 9.78 Å². The molecular formula is C31H40N2O4S. The van der Waals surface area contributed by atoms with Crippen LogP contribution in [-0.2, 0) is 4.79 Å². The summed E-state index contributed by atoms with van der Waals surface area (Å²) in [5.41, 5.74) is 1.39. The van der Waals surface area contributed by atoms with Gasteiger partial charge in [-0.3, -0.25) is 4.79 Å². The van der Waals surface area contributed by atoms with E-state index < -0.39 is 5.97 Å². The van der Waals surface area contributed by atoms with Crippen LogP contribution in [0.2, 0.25) is 0 Å². The van der Waals surface area contributed by atoms with Crippen LogP contribution in [0.3, 0.4) is 0 Å². The number of aromatic nitrogens is 1. The summed E-state index contributed by atoms with van der Waals surface area (Å²) in [5, 5.41) is 10.1. The number of ether oxygens (including phenoxy) is 1. The zero-order chi connectivity index (χ0) is 27.4. The van der Waals surface area contributed by atoms with Crippen molar-refractivity contribution in [1.82, 2.24) is 4.98 Å². The highest BCUT2D eigenvalue weighted by molar-refractivity contribution is 7.15. The van der Waals surface area contributed by atoms with Crippen molar-refractivity contribution in [1.29, 1.82) is 0 Å². The lowest BCUT2D eigenvalue weighted by Gasteiger charge is -2.39. The van der Waals surface area contributed by atoms with Gasteiger partial charge in [0.25, 0.3) is 0 Å². The fourth-order valence-electron chi connectivity index (χ4n) is 5.34. The lowest BCUT2D eigenvalue weighted by molar-refractivity contribution is -0.124. The van der Waals surface area contributed by atoms with Crippen molar-refractivity contribution < 1.29 is 19.4 Å². The number of carbonyl (C=O) groups is 2. The number of carboxylic acids is 1. The third kappa shape index (κ3) is 7.17. The largest absolute Gasteiger partial charge is 0.477 e. The molecule has 2 aromatic rings. The van der Waals surface area contributed by atoms with Gasteiger partial charge >= 0.3 is 5.97 Å². The highest BCUT2D eigenvalue weighted by Crippen LogP contribution is 2.39. The maximum Gasteiger partial charge on any atom is 0.348 e. The van der Waals surface area contributed by atoms with Crippen molar-refractivity contribution >= 4 is 28.9 Å². The zero-order valence-corrected chi connectivity index (χ0v) is 24.1. The first-order chi connectivity index (χ1) is 18.0. The highest BCUT2D eigenvalue weighted by Gasteiger charge is 2.37. The van der Waals surface area contributed by atoms with Crippen LogP contribution in [0.15, 0.2) is 24.4 Å². The summed E-state index contributed by atoms with van der Waals surface area (Å²) >= 11 is 1.17. The Balaban J connectivity index is 1.60. The van der Waals surface area contributed by atoms with Crippen LogP contribution in [0.1, 0.15) is 99.2 Å². The second-order valence-corrected chi connectivity index (χ2v) is 13.1. The first kappa shape index (κ1) is 28.2. The summed E-state index contributed by atoms with van der Waals surface area (Å²) in [6, 6.07) is 5.65. The van der Waals surface area contributed by atoms with Gasteiger partial charge in [0.15, 0.2) is 0 Å². The van der Waals surface area contributed by atoms with E-state index in [4.69, 9.17) is 4.74 Å². The van der Waals surface area contributed by atoms with Gasteiger partial charge in [0.1, 0.15) is 11.0 Å². The molecule has 0 spiro atoms. The summed E-state index contributed by atoms with van der Waals surface area (Å²) in [6.45, 7) is 10.3. The predicted octanol–water partition coefficient (Wildman–Crippen LogP) is 7.10. The number of pyridine rings is 1. The molecule has 0 aromatic carbocycles. The molecule has 2 saturated carbocycles. The van der Waals surface area contributed by atoms with Gasteiger partial charge in [-0.1, -0.05) is 24.8 Å². The molecule has 2 aliphatic rings. The molecule has 38 heavy (non-hydrogen) atoms. The molecule has 2 aliphatic carbocycles. The SMILES string of the molecule is Cc1ccc(OC2CCC(N(C(=O)C3CCC(C)CC3)c3cc(C#CC(C)(C)C)sc3C(=O)O)CC2)nc1. The molecule has 0 unspecified atom stereocenters. The van der Waals surface area contributed by atoms with E-state index in [1.807, 2.05) is 50.8 Å². The third-order valence-electron chi connectivity index (χ3n) is 7.51. The number of anilines is 1. The summed E-state index contributed by atoms with van der Waals surface area (Å²) in [6.07, 6.45) is 8.70. The zero-order valence-electron chi connectivity index (χ0n) is 23.3. The minimum absolute atomic E-state index is 0.0311. The Hall–Kier alpha value is -2.85. The molecule has 7 heteroatoms. The van der Waals surface area contributed by atoms with E-state index in [0.29, 0.717) is 22.4 Å².